The van der Waals surface area contributed by atoms with Crippen molar-refractivity contribution in [3.63, 3.8) is 0 Å². The fourth-order valence-corrected chi connectivity index (χ4v) is 1.72. The van der Waals surface area contributed by atoms with Crippen molar-refractivity contribution in [2.45, 2.75) is 13.3 Å². The summed E-state index contributed by atoms with van der Waals surface area (Å²) in [6, 6.07) is 0. The highest BCUT2D eigenvalue weighted by Crippen LogP contribution is 2.04. The van der Waals surface area contributed by atoms with Gasteiger partial charge in [-0.05, 0) is 6.92 Å². The number of rotatable bonds is 4. The lowest BCUT2D eigenvalue weighted by atomic mass is 10.3. The Balaban J connectivity index is 2.21. The van der Waals surface area contributed by atoms with Crippen LogP contribution in [0.4, 0.5) is 4.79 Å². The van der Waals surface area contributed by atoms with Crippen molar-refractivity contribution >= 4 is 12.1 Å². The number of ether oxygens (including phenoxy) is 2. The van der Waals surface area contributed by atoms with E-state index < -0.39 is 0 Å². The van der Waals surface area contributed by atoms with E-state index in [4.69, 9.17) is 4.74 Å². The third-order valence-corrected chi connectivity index (χ3v) is 2.76. The second-order valence-corrected chi connectivity index (χ2v) is 3.85. The molecule has 1 heterocycles. The number of hydrogen-bond donors (Lipinski definition) is 0. The second kappa shape index (κ2) is 7.11. The molecule has 1 rings (SSSR count). The molecule has 0 aromatic rings. The van der Waals surface area contributed by atoms with Gasteiger partial charge in [-0.25, -0.2) is 4.79 Å². The van der Waals surface area contributed by atoms with Crippen LogP contribution in [-0.2, 0) is 14.3 Å². The van der Waals surface area contributed by atoms with E-state index in [1.165, 1.54) is 7.11 Å². The Morgan fingerprint density at radius 3 is 2.35 bits per heavy atom. The molecule has 0 unspecified atom stereocenters. The number of esters is 1. The summed E-state index contributed by atoms with van der Waals surface area (Å²) in [5, 5.41) is 0. The Kier molecular flexibility index (Phi) is 5.76. The molecule has 6 nitrogen and oxygen atoms in total. The van der Waals surface area contributed by atoms with E-state index in [1.807, 2.05) is 0 Å². The smallest absolute Gasteiger partial charge is 0.409 e. The van der Waals surface area contributed by atoms with Crippen molar-refractivity contribution in [3.8, 4) is 0 Å². The second-order valence-electron chi connectivity index (χ2n) is 3.85. The van der Waals surface area contributed by atoms with Crippen molar-refractivity contribution in [3.05, 3.63) is 0 Å². The molecule has 0 radical (unpaired) electrons. The summed E-state index contributed by atoms with van der Waals surface area (Å²) in [4.78, 5) is 26.2. The third-order valence-electron chi connectivity index (χ3n) is 2.76. The predicted molar refractivity (Wildman–Crippen MR) is 61.7 cm³/mol. The van der Waals surface area contributed by atoms with Gasteiger partial charge < -0.3 is 14.4 Å². The summed E-state index contributed by atoms with van der Waals surface area (Å²) in [6.07, 6.45) is 0.149. The first-order chi connectivity index (χ1) is 8.17. The third kappa shape index (κ3) is 4.60. The predicted octanol–water partition coefficient (Wildman–Crippen LogP) is 0.324. The molecule has 0 saturated carbocycles. The van der Waals surface area contributed by atoms with Gasteiger partial charge in [0, 0.05) is 32.7 Å². The summed E-state index contributed by atoms with van der Waals surface area (Å²) >= 11 is 0. The van der Waals surface area contributed by atoms with Crippen LogP contribution in [0, 0.1) is 0 Å². The van der Waals surface area contributed by atoms with Crippen LogP contribution in [0.15, 0.2) is 0 Å². The zero-order valence-electron chi connectivity index (χ0n) is 10.5. The van der Waals surface area contributed by atoms with Crippen LogP contribution in [0.5, 0.6) is 0 Å². The number of carbonyl (C=O) groups is 2. The van der Waals surface area contributed by atoms with Gasteiger partial charge in [-0.1, -0.05) is 0 Å². The highest BCUT2D eigenvalue weighted by molar-refractivity contribution is 5.69. The molecule has 0 bridgehead atoms. The molecule has 1 aliphatic heterocycles. The Hall–Kier alpha value is -1.30. The molecule has 0 aromatic carbocycles. The van der Waals surface area contributed by atoms with E-state index in [-0.39, 0.29) is 12.1 Å². The topological polar surface area (TPSA) is 59.1 Å². The number of carbonyl (C=O) groups excluding carboxylic acids is 2. The zero-order valence-corrected chi connectivity index (χ0v) is 10.5. The molecule has 1 amide bonds. The van der Waals surface area contributed by atoms with Gasteiger partial charge in [-0.3, -0.25) is 9.69 Å². The van der Waals surface area contributed by atoms with Gasteiger partial charge in [0.1, 0.15) is 0 Å². The van der Waals surface area contributed by atoms with E-state index >= 15 is 0 Å². The van der Waals surface area contributed by atoms with Gasteiger partial charge in [0.2, 0.25) is 0 Å². The Labute approximate surface area is 101 Å². The molecule has 0 aliphatic carbocycles. The molecule has 1 aliphatic rings. The zero-order chi connectivity index (χ0) is 12.7. The number of amides is 1. The van der Waals surface area contributed by atoms with Crippen LogP contribution in [0.25, 0.3) is 0 Å². The van der Waals surface area contributed by atoms with Crippen molar-refractivity contribution in [2.75, 3.05) is 46.4 Å². The standard InChI is InChI=1S/C11H20N2O4/c1-3-17-11(15)13-8-6-12(7-9-13)5-4-10(14)16-2/h3-9H2,1-2H3. The summed E-state index contributed by atoms with van der Waals surface area (Å²) in [6.45, 7) is 5.74. The largest absolute Gasteiger partial charge is 0.469 e. The number of hydrogen-bond acceptors (Lipinski definition) is 5. The van der Waals surface area contributed by atoms with Gasteiger partial charge in [0.05, 0.1) is 20.1 Å². The molecular weight excluding hydrogens is 224 g/mol. The molecule has 0 spiro atoms. The minimum Gasteiger partial charge on any atom is -0.469 e. The van der Waals surface area contributed by atoms with Crippen molar-refractivity contribution in [2.24, 2.45) is 0 Å². The van der Waals surface area contributed by atoms with Crippen LogP contribution in [0.2, 0.25) is 0 Å². The average Bonchev–Trinajstić information content (AvgIpc) is 2.36. The fourth-order valence-electron chi connectivity index (χ4n) is 1.72. The SMILES string of the molecule is CCOC(=O)N1CCN(CCC(=O)OC)CC1. The van der Waals surface area contributed by atoms with Crippen LogP contribution in [0.1, 0.15) is 13.3 Å². The number of methoxy groups -OCH3 is 1. The minimum atomic E-state index is -0.250. The average molecular weight is 244 g/mol. The van der Waals surface area contributed by atoms with E-state index in [9.17, 15) is 9.59 Å². The molecule has 0 atom stereocenters. The Morgan fingerprint density at radius 1 is 1.18 bits per heavy atom. The molecule has 17 heavy (non-hydrogen) atoms. The Bertz CT molecular complexity index is 262. The van der Waals surface area contributed by atoms with Gasteiger partial charge in [-0.2, -0.15) is 0 Å². The normalized spacial score (nSPS) is 16.7. The summed E-state index contributed by atoms with van der Waals surface area (Å²) in [7, 11) is 1.39. The summed E-state index contributed by atoms with van der Waals surface area (Å²) < 4.78 is 9.51. The molecule has 1 saturated heterocycles. The van der Waals surface area contributed by atoms with Gasteiger partial charge in [0.15, 0.2) is 0 Å². The maximum atomic E-state index is 11.4. The lowest BCUT2D eigenvalue weighted by Gasteiger charge is -2.33. The van der Waals surface area contributed by atoms with Gasteiger partial charge in [0.25, 0.3) is 0 Å². The van der Waals surface area contributed by atoms with Crippen molar-refractivity contribution < 1.29 is 19.1 Å². The van der Waals surface area contributed by atoms with Crippen LogP contribution in [-0.4, -0.2) is 68.3 Å². The first kappa shape index (κ1) is 13.8. The lowest BCUT2D eigenvalue weighted by Crippen LogP contribution is -2.49. The van der Waals surface area contributed by atoms with Crippen molar-refractivity contribution in [1.29, 1.82) is 0 Å². The molecular formula is C11H20N2O4. The highest BCUT2D eigenvalue weighted by Gasteiger charge is 2.21. The Morgan fingerprint density at radius 2 is 1.82 bits per heavy atom. The van der Waals surface area contributed by atoms with E-state index in [1.54, 1.807) is 11.8 Å². The molecule has 6 heteroatoms. The molecule has 0 aromatic heterocycles. The summed E-state index contributed by atoms with van der Waals surface area (Å²) in [5.41, 5.74) is 0. The number of nitrogens with zero attached hydrogens (tertiary/aromatic N) is 2. The fraction of sp³-hybridized carbons (Fsp3) is 0.818. The maximum Gasteiger partial charge on any atom is 0.409 e. The van der Waals surface area contributed by atoms with E-state index in [2.05, 4.69) is 9.64 Å². The molecule has 0 N–H and O–H groups in total. The first-order valence-corrected chi connectivity index (χ1v) is 5.88. The van der Waals surface area contributed by atoms with E-state index in [0.717, 1.165) is 13.1 Å². The quantitative estimate of drug-likeness (QED) is 0.667. The first-order valence-electron chi connectivity index (χ1n) is 5.88. The van der Waals surface area contributed by atoms with Crippen LogP contribution < -0.4 is 0 Å². The molecule has 98 valence electrons. The van der Waals surface area contributed by atoms with Crippen LogP contribution >= 0.6 is 0 Å². The molecule has 1 fully saturated rings. The van der Waals surface area contributed by atoms with Gasteiger partial charge in [-0.15, -0.1) is 0 Å². The minimum absolute atomic E-state index is 0.196. The van der Waals surface area contributed by atoms with E-state index in [0.29, 0.717) is 32.7 Å². The van der Waals surface area contributed by atoms with Crippen molar-refractivity contribution in [1.82, 2.24) is 9.80 Å². The summed E-state index contributed by atoms with van der Waals surface area (Å²) in [5.74, 6) is -0.196. The monoisotopic (exact) mass is 244 g/mol. The highest BCUT2D eigenvalue weighted by atomic mass is 16.6. The number of piperazine rings is 1. The van der Waals surface area contributed by atoms with Crippen LogP contribution in [0.3, 0.4) is 0 Å². The lowest BCUT2D eigenvalue weighted by molar-refractivity contribution is -0.141. The maximum absolute atomic E-state index is 11.4. The van der Waals surface area contributed by atoms with Gasteiger partial charge >= 0.3 is 12.1 Å².